The first-order valence-electron chi connectivity index (χ1n) is 6.66. The second kappa shape index (κ2) is 6.43. The number of aromatic amines is 1. The minimum atomic E-state index is -0.238. The van der Waals surface area contributed by atoms with E-state index in [1.54, 1.807) is 35.6 Å². The minimum Gasteiger partial charge on any atom is -0.325 e. The zero-order valence-electron chi connectivity index (χ0n) is 12.0. The largest absolute Gasteiger partial charge is 0.325 e. The Labute approximate surface area is 140 Å². The lowest BCUT2D eigenvalue weighted by atomic mass is 10.3. The molecule has 0 spiro atoms. The number of thioether (sulfide) groups is 1. The monoisotopic (exact) mass is 349 g/mol. The number of H-pyrrole nitrogens is 1. The highest BCUT2D eigenvalue weighted by molar-refractivity contribution is 7.99. The van der Waals surface area contributed by atoms with Crippen LogP contribution in [0.2, 0.25) is 5.02 Å². The average Bonchev–Trinajstić information content (AvgIpc) is 2.88. The summed E-state index contributed by atoms with van der Waals surface area (Å²) in [6.45, 7) is 1.78. The number of hydrogen-bond donors (Lipinski definition) is 2. The van der Waals surface area contributed by atoms with Crippen LogP contribution in [0, 0.1) is 6.92 Å². The summed E-state index contributed by atoms with van der Waals surface area (Å²) in [7, 11) is 0. The van der Waals surface area contributed by atoms with E-state index < -0.39 is 0 Å². The van der Waals surface area contributed by atoms with Crippen molar-refractivity contribution in [3.8, 4) is 0 Å². The van der Waals surface area contributed by atoms with Gasteiger partial charge in [-0.3, -0.25) is 19.0 Å². The molecule has 0 unspecified atom stereocenters. The molecule has 2 heterocycles. The average molecular weight is 350 g/mol. The molecule has 0 bridgehead atoms. The van der Waals surface area contributed by atoms with Crippen LogP contribution in [0.3, 0.4) is 0 Å². The van der Waals surface area contributed by atoms with Crippen molar-refractivity contribution >= 4 is 40.7 Å². The quantitative estimate of drug-likeness (QED) is 0.704. The highest BCUT2D eigenvalue weighted by Gasteiger charge is 2.12. The maximum absolute atomic E-state index is 12.0. The number of carbonyl (C=O) groups excluding carboxylic acids is 1. The van der Waals surface area contributed by atoms with E-state index in [4.69, 9.17) is 11.6 Å². The summed E-state index contributed by atoms with van der Waals surface area (Å²) in [5, 5.41) is 11.7. The van der Waals surface area contributed by atoms with Crippen LogP contribution in [0.1, 0.15) is 5.69 Å². The fraction of sp³-hybridized carbons (Fsp3) is 0.143. The van der Waals surface area contributed by atoms with Gasteiger partial charge in [0.25, 0.3) is 5.56 Å². The molecule has 2 aromatic heterocycles. The molecule has 0 aliphatic heterocycles. The number of nitrogens with one attached hydrogen (secondary N) is 2. The van der Waals surface area contributed by atoms with Gasteiger partial charge in [0.1, 0.15) is 0 Å². The Morgan fingerprint density at radius 1 is 1.39 bits per heavy atom. The van der Waals surface area contributed by atoms with E-state index in [-0.39, 0.29) is 17.2 Å². The summed E-state index contributed by atoms with van der Waals surface area (Å²) < 4.78 is 1.69. The number of amides is 1. The molecule has 0 fully saturated rings. The molecule has 0 saturated heterocycles. The van der Waals surface area contributed by atoms with Crippen molar-refractivity contribution in [1.29, 1.82) is 0 Å². The van der Waals surface area contributed by atoms with E-state index in [0.29, 0.717) is 27.3 Å². The third-order valence-corrected chi connectivity index (χ3v) is 4.17. The number of fused-ring (bicyclic) bond motifs is 1. The van der Waals surface area contributed by atoms with Crippen molar-refractivity contribution in [3.05, 3.63) is 51.4 Å². The lowest BCUT2D eigenvalue weighted by Crippen LogP contribution is -2.14. The van der Waals surface area contributed by atoms with Gasteiger partial charge in [-0.25, -0.2) is 0 Å². The van der Waals surface area contributed by atoms with Crippen molar-refractivity contribution < 1.29 is 4.79 Å². The fourth-order valence-electron chi connectivity index (χ4n) is 2.06. The standard InChI is InChI=1S/C14H12ClN5O2S/c1-8-5-11(21)17-13-18-19-14(20(8)13)23-7-12(22)16-10-4-2-3-9(15)6-10/h2-6H,7H2,1H3,(H,16,22)(H,17,18,21). The molecule has 9 heteroatoms. The minimum absolute atomic E-state index is 0.159. The highest BCUT2D eigenvalue weighted by atomic mass is 35.5. The van der Waals surface area contributed by atoms with Gasteiger partial charge in [-0.1, -0.05) is 29.4 Å². The first kappa shape index (κ1) is 15.6. The third-order valence-electron chi connectivity index (χ3n) is 3.00. The molecule has 1 aromatic carbocycles. The normalized spacial score (nSPS) is 10.9. The zero-order chi connectivity index (χ0) is 16.4. The van der Waals surface area contributed by atoms with Gasteiger partial charge < -0.3 is 5.32 Å². The Morgan fingerprint density at radius 3 is 3.00 bits per heavy atom. The summed E-state index contributed by atoms with van der Waals surface area (Å²) in [6, 6.07) is 8.38. The number of halogens is 1. The molecule has 3 rings (SSSR count). The van der Waals surface area contributed by atoms with Crippen molar-refractivity contribution in [2.45, 2.75) is 12.1 Å². The summed E-state index contributed by atoms with van der Waals surface area (Å²) in [6.07, 6.45) is 0. The molecule has 0 atom stereocenters. The molecule has 2 N–H and O–H groups in total. The van der Waals surface area contributed by atoms with Crippen LogP contribution in [-0.2, 0) is 4.79 Å². The molecule has 1 amide bonds. The van der Waals surface area contributed by atoms with Gasteiger partial charge in [-0.05, 0) is 25.1 Å². The predicted octanol–water partition coefficient (Wildman–Crippen LogP) is 2.11. The number of anilines is 1. The first-order valence-corrected chi connectivity index (χ1v) is 8.02. The number of benzene rings is 1. The van der Waals surface area contributed by atoms with Gasteiger partial charge in [0.2, 0.25) is 11.7 Å². The third kappa shape index (κ3) is 3.54. The molecular weight excluding hydrogens is 338 g/mol. The summed E-state index contributed by atoms with van der Waals surface area (Å²) in [4.78, 5) is 26.0. The van der Waals surface area contributed by atoms with Crippen LogP contribution in [0.15, 0.2) is 40.3 Å². The number of aryl methyl sites for hydroxylation is 1. The van der Waals surface area contributed by atoms with Crippen LogP contribution in [0.5, 0.6) is 0 Å². The van der Waals surface area contributed by atoms with Gasteiger partial charge in [0.05, 0.1) is 5.75 Å². The number of aromatic nitrogens is 4. The lowest BCUT2D eigenvalue weighted by Gasteiger charge is -2.05. The van der Waals surface area contributed by atoms with E-state index in [1.165, 1.54) is 17.8 Å². The molecule has 0 aliphatic carbocycles. The van der Waals surface area contributed by atoms with E-state index >= 15 is 0 Å². The summed E-state index contributed by atoms with van der Waals surface area (Å²) in [5.74, 6) is 0.329. The molecule has 0 aliphatic rings. The van der Waals surface area contributed by atoms with E-state index in [9.17, 15) is 9.59 Å². The second-order valence-electron chi connectivity index (χ2n) is 4.76. The second-order valence-corrected chi connectivity index (χ2v) is 6.14. The summed E-state index contributed by atoms with van der Waals surface area (Å²) in [5.41, 5.74) is 1.10. The van der Waals surface area contributed by atoms with Gasteiger partial charge in [-0.15, -0.1) is 10.2 Å². The van der Waals surface area contributed by atoms with Crippen LogP contribution in [0.25, 0.3) is 5.78 Å². The van der Waals surface area contributed by atoms with Crippen LogP contribution in [-0.4, -0.2) is 31.2 Å². The number of carbonyl (C=O) groups is 1. The lowest BCUT2D eigenvalue weighted by molar-refractivity contribution is -0.113. The van der Waals surface area contributed by atoms with Crippen molar-refractivity contribution in [1.82, 2.24) is 19.6 Å². The van der Waals surface area contributed by atoms with Gasteiger partial charge in [0.15, 0.2) is 5.16 Å². The molecule has 0 radical (unpaired) electrons. The molecular formula is C14H12ClN5O2S. The Bertz CT molecular complexity index is 936. The van der Waals surface area contributed by atoms with Gasteiger partial charge in [-0.2, -0.15) is 0 Å². The van der Waals surface area contributed by atoms with Crippen LogP contribution in [0.4, 0.5) is 5.69 Å². The van der Waals surface area contributed by atoms with Crippen LogP contribution >= 0.6 is 23.4 Å². The van der Waals surface area contributed by atoms with Crippen molar-refractivity contribution in [2.75, 3.05) is 11.1 Å². The van der Waals surface area contributed by atoms with E-state index in [0.717, 1.165) is 0 Å². The fourth-order valence-corrected chi connectivity index (χ4v) is 3.04. The predicted molar refractivity (Wildman–Crippen MR) is 89.2 cm³/mol. The van der Waals surface area contributed by atoms with E-state index in [1.807, 2.05) is 0 Å². The number of nitrogens with zero attached hydrogens (tertiary/aromatic N) is 3. The molecule has 118 valence electrons. The maximum atomic E-state index is 12.0. The summed E-state index contributed by atoms with van der Waals surface area (Å²) >= 11 is 7.11. The number of hydrogen-bond acceptors (Lipinski definition) is 5. The maximum Gasteiger partial charge on any atom is 0.252 e. The SMILES string of the molecule is Cc1cc(=O)[nH]c2nnc(SCC(=O)Nc3cccc(Cl)c3)n12. The van der Waals surface area contributed by atoms with Gasteiger partial charge >= 0.3 is 0 Å². The number of rotatable bonds is 4. The Balaban J connectivity index is 1.71. The molecule has 7 nitrogen and oxygen atoms in total. The van der Waals surface area contributed by atoms with Gasteiger partial charge in [0, 0.05) is 22.5 Å². The Kier molecular flexibility index (Phi) is 4.35. The highest BCUT2D eigenvalue weighted by Crippen LogP contribution is 2.19. The zero-order valence-corrected chi connectivity index (χ0v) is 13.6. The first-order chi connectivity index (χ1) is 11.0. The molecule has 23 heavy (non-hydrogen) atoms. The Hall–Kier alpha value is -2.32. The van der Waals surface area contributed by atoms with Crippen molar-refractivity contribution in [2.24, 2.45) is 0 Å². The molecule has 0 saturated carbocycles. The van der Waals surface area contributed by atoms with E-state index in [2.05, 4.69) is 20.5 Å². The van der Waals surface area contributed by atoms with Crippen LogP contribution < -0.4 is 10.9 Å². The molecule has 3 aromatic rings. The van der Waals surface area contributed by atoms with Crippen molar-refractivity contribution in [3.63, 3.8) is 0 Å². The topological polar surface area (TPSA) is 92.2 Å². The smallest absolute Gasteiger partial charge is 0.252 e. The Morgan fingerprint density at radius 2 is 2.22 bits per heavy atom.